The van der Waals surface area contributed by atoms with Crippen molar-refractivity contribution in [2.75, 3.05) is 0 Å². The number of aromatic nitrogens is 1. The molecule has 1 atom stereocenters. The van der Waals surface area contributed by atoms with Crippen molar-refractivity contribution in [3.63, 3.8) is 0 Å². The summed E-state index contributed by atoms with van der Waals surface area (Å²) in [6.07, 6.45) is 5.12. The number of hydrogen-bond acceptors (Lipinski definition) is 3. The number of Topliss-reactive ketones (excluding diaryl/α,β-unsaturated/α-hetero) is 1. The maximum absolute atomic E-state index is 11.9. The summed E-state index contributed by atoms with van der Waals surface area (Å²) in [5, 5.41) is 9.74. The molecule has 1 heterocycles. The second-order valence-corrected chi connectivity index (χ2v) is 4.88. The Balaban J connectivity index is 2.22. The molecule has 1 aliphatic rings. The molecule has 1 saturated carbocycles. The molecule has 2 rings (SSSR count). The Morgan fingerprint density at radius 1 is 1.47 bits per heavy atom. The van der Waals surface area contributed by atoms with Crippen LogP contribution < -0.4 is 0 Å². The van der Waals surface area contributed by atoms with Gasteiger partial charge in [-0.05, 0) is 30.9 Å². The zero-order chi connectivity index (χ0) is 12.3. The molecule has 0 saturated heterocycles. The highest BCUT2D eigenvalue weighted by Gasteiger charge is 2.40. The quantitative estimate of drug-likeness (QED) is 0.756. The van der Waals surface area contributed by atoms with Crippen LogP contribution >= 0.6 is 11.6 Å². The minimum atomic E-state index is -0.840. The fourth-order valence-electron chi connectivity index (χ4n) is 2.30. The fourth-order valence-corrected chi connectivity index (χ4v) is 2.41. The van der Waals surface area contributed by atoms with Crippen LogP contribution in [0.2, 0.25) is 5.15 Å². The Kier molecular flexibility index (Phi) is 3.44. The maximum Gasteiger partial charge on any atom is 0.153 e. The van der Waals surface area contributed by atoms with Crippen LogP contribution in [-0.4, -0.2) is 10.8 Å². The van der Waals surface area contributed by atoms with Crippen molar-refractivity contribution in [2.45, 2.75) is 32.1 Å². The van der Waals surface area contributed by atoms with Crippen LogP contribution in [-0.2, 0) is 11.2 Å². The van der Waals surface area contributed by atoms with E-state index in [1.54, 1.807) is 12.3 Å². The summed E-state index contributed by atoms with van der Waals surface area (Å²) in [6, 6.07) is 5.74. The van der Waals surface area contributed by atoms with E-state index in [1.165, 1.54) is 0 Å². The van der Waals surface area contributed by atoms with E-state index in [2.05, 4.69) is 11.1 Å². The van der Waals surface area contributed by atoms with Gasteiger partial charge in [-0.25, -0.2) is 4.98 Å². The normalized spacial score (nSPS) is 24.4. The maximum atomic E-state index is 11.9. The average molecular weight is 249 g/mol. The predicted molar refractivity (Wildman–Crippen MR) is 64.5 cm³/mol. The first-order valence-corrected chi connectivity index (χ1v) is 6.09. The van der Waals surface area contributed by atoms with Gasteiger partial charge in [0.1, 0.15) is 10.6 Å². The van der Waals surface area contributed by atoms with Crippen LogP contribution in [0.5, 0.6) is 0 Å². The summed E-state index contributed by atoms with van der Waals surface area (Å²) >= 11 is 5.71. The molecule has 0 bridgehead atoms. The van der Waals surface area contributed by atoms with Crippen molar-refractivity contribution in [3.8, 4) is 6.07 Å². The third-order valence-corrected chi connectivity index (χ3v) is 3.52. The summed E-state index contributed by atoms with van der Waals surface area (Å²) in [5.74, 6) is 0.0706. The molecule has 0 amide bonds. The van der Waals surface area contributed by atoms with Gasteiger partial charge < -0.3 is 0 Å². The largest absolute Gasteiger partial charge is 0.298 e. The molecular formula is C13H13ClN2O. The third-order valence-electron chi connectivity index (χ3n) is 3.30. The third kappa shape index (κ3) is 2.48. The number of nitrogens with zero attached hydrogens (tertiary/aromatic N) is 2. The second-order valence-electron chi connectivity index (χ2n) is 4.49. The number of carbonyl (C=O) groups is 1. The van der Waals surface area contributed by atoms with Gasteiger partial charge in [0.25, 0.3) is 0 Å². The van der Waals surface area contributed by atoms with Crippen molar-refractivity contribution < 1.29 is 4.79 Å². The van der Waals surface area contributed by atoms with Crippen molar-refractivity contribution in [3.05, 3.63) is 29.0 Å². The number of halogens is 1. The fraction of sp³-hybridized carbons (Fsp3) is 0.462. The summed E-state index contributed by atoms with van der Waals surface area (Å²) < 4.78 is 0. The van der Waals surface area contributed by atoms with Gasteiger partial charge in [-0.2, -0.15) is 5.26 Å². The zero-order valence-electron chi connectivity index (χ0n) is 9.45. The van der Waals surface area contributed by atoms with Gasteiger partial charge in [-0.1, -0.05) is 24.1 Å². The van der Waals surface area contributed by atoms with Crippen LogP contribution in [0.25, 0.3) is 0 Å². The van der Waals surface area contributed by atoms with Crippen LogP contribution in [0, 0.1) is 16.7 Å². The summed E-state index contributed by atoms with van der Waals surface area (Å²) in [7, 11) is 0. The molecule has 0 aliphatic heterocycles. The number of nitriles is 1. The first-order valence-electron chi connectivity index (χ1n) is 5.71. The van der Waals surface area contributed by atoms with Gasteiger partial charge in [0.2, 0.25) is 0 Å². The van der Waals surface area contributed by atoms with Crippen LogP contribution in [0.15, 0.2) is 18.3 Å². The molecule has 0 spiro atoms. The zero-order valence-corrected chi connectivity index (χ0v) is 10.2. The van der Waals surface area contributed by atoms with Crippen molar-refractivity contribution >= 4 is 17.4 Å². The lowest BCUT2D eigenvalue weighted by Gasteiger charge is -2.28. The molecule has 1 unspecified atom stereocenters. The molecule has 4 heteroatoms. The first kappa shape index (κ1) is 12.1. The molecule has 1 fully saturated rings. The minimum Gasteiger partial charge on any atom is -0.298 e. The van der Waals surface area contributed by atoms with Gasteiger partial charge in [0, 0.05) is 12.6 Å². The minimum absolute atomic E-state index is 0.0706. The molecule has 0 N–H and O–H groups in total. The Bertz CT molecular complexity index is 463. The monoisotopic (exact) mass is 248 g/mol. The smallest absolute Gasteiger partial charge is 0.153 e. The second kappa shape index (κ2) is 4.85. The molecular weight excluding hydrogens is 236 g/mol. The van der Waals surface area contributed by atoms with Crippen molar-refractivity contribution in [1.82, 2.24) is 4.98 Å². The molecule has 1 aromatic rings. The van der Waals surface area contributed by atoms with Crippen LogP contribution in [0.1, 0.15) is 31.2 Å². The number of pyridine rings is 1. The van der Waals surface area contributed by atoms with Crippen molar-refractivity contribution in [2.24, 2.45) is 5.41 Å². The summed E-state index contributed by atoms with van der Waals surface area (Å²) in [6.45, 7) is 0. The van der Waals surface area contributed by atoms with E-state index in [1.807, 2.05) is 6.07 Å². The SMILES string of the molecule is N#CC1(Cc2ccc(Cl)nc2)CCCCC1=O. The van der Waals surface area contributed by atoms with Gasteiger partial charge in [0.05, 0.1) is 6.07 Å². The van der Waals surface area contributed by atoms with E-state index in [0.29, 0.717) is 24.4 Å². The standard InChI is InChI=1S/C13H13ClN2O/c14-12-5-4-10(8-16-12)7-13(9-15)6-2-1-3-11(13)17/h4-5,8H,1-3,6-7H2. The summed E-state index contributed by atoms with van der Waals surface area (Å²) in [5.41, 5.74) is 0.0551. The molecule has 3 nitrogen and oxygen atoms in total. The molecule has 1 aromatic heterocycles. The van der Waals surface area contributed by atoms with Gasteiger partial charge >= 0.3 is 0 Å². The number of rotatable bonds is 2. The summed E-state index contributed by atoms with van der Waals surface area (Å²) in [4.78, 5) is 15.9. The van der Waals surface area contributed by atoms with Crippen LogP contribution in [0.4, 0.5) is 0 Å². The average Bonchev–Trinajstić information content (AvgIpc) is 2.35. The van der Waals surface area contributed by atoms with E-state index in [9.17, 15) is 10.1 Å². The van der Waals surface area contributed by atoms with Gasteiger partial charge in [-0.3, -0.25) is 4.79 Å². The number of ketones is 1. The Morgan fingerprint density at radius 3 is 2.88 bits per heavy atom. The predicted octanol–water partition coefficient (Wildman–Crippen LogP) is 2.93. The highest BCUT2D eigenvalue weighted by atomic mass is 35.5. The van der Waals surface area contributed by atoms with Gasteiger partial charge in [-0.15, -0.1) is 0 Å². The van der Waals surface area contributed by atoms with Gasteiger partial charge in [0.15, 0.2) is 5.78 Å². The molecule has 1 aliphatic carbocycles. The highest BCUT2D eigenvalue weighted by Crippen LogP contribution is 2.35. The molecule has 88 valence electrons. The highest BCUT2D eigenvalue weighted by molar-refractivity contribution is 6.29. The molecule has 17 heavy (non-hydrogen) atoms. The Morgan fingerprint density at radius 2 is 2.29 bits per heavy atom. The first-order chi connectivity index (χ1) is 8.16. The Labute approximate surface area is 105 Å². The molecule has 0 radical (unpaired) electrons. The number of hydrogen-bond donors (Lipinski definition) is 0. The lowest BCUT2D eigenvalue weighted by Crippen LogP contribution is -2.34. The van der Waals surface area contributed by atoms with E-state index < -0.39 is 5.41 Å². The Hall–Kier alpha value is -1.40. The topological polar surface area (TPSA) is 53.8 Å². The van der Waals surface area contributed by atoms with Crippen LogP contribution in [0.3, 0.4) is 0 Å². The lowest BCUT2D eigenvalue weighted by atomic mass is 9.70. The number of carbonyl (C=O) groups excluding carboxylic acids is 1. The molecule has 0 aromatic carbocycles. The van der Waals surface area contributed by atoms with E-state index in [4.69, 9.17) is 11.6 Å². The van der Waals surface area contributed by atoms with E-state index >= 15 is 0 Å². The van der Waals surface area contributed by atoms with Crippen molar-refractivity contribution in [1.29, 1.82) is 5.26 Å². The lowest BCUT2D eigenvalue weighted by molar-refractivity contribution is -0.128. The van der Waals surface area contributed by atoms with E-state index in [0.717, 1.165) is 18.4 Å². The van der Waals surface area contributed by atoms with E-state index in [-0.39, 0.29) is 5.78 Å².